The number of rotatable bonds is 3. The average Bonchev–Trinajstić information content (AvgIpc) is 2.91. The quantitative estimate of drug-likeness (QED) is 0.776. The fourth-order valence-electron chi connectivity index (χ4n) is 2.06. The maximum absolute atomic E-state index is 13.1. The molecule has 0 saturated carbocycles. The predicted molar refractivity (Wildman–Crippen MR) is 76.2 cm³/mol. The highest BCUT2D eigenvalue weighted by Gasteiger charge is 2.15. The number of halogens is 1. The fourth-order valence-corrected chi connectivity index (χ4v) is 2.06. The topological polar surface area (TPSA) is 70.7 Å². The lowest BCUT2D eigenvalue weighted by atomic mass is 10.2. The first-order valence-corrected chi connectivity index (χ1v) is 6.49. The van der Waals surface area contributed by atoms with Crippen LogP contribution in [0.1, 0.15) is 29.1 Å². The van der Waals surface area contributed by atoms with Crippen molar-refractivity contribution in [3.8, 4) is 0 Å². The first-order valence-electron chi connectivity index (χ1n) is 6.49. The number of hydrogen-bond donors (Lipinski definition) is 2. The second kappa shape index (κ2) is 5.32. The van der Waals surface area contributed by atoms with E-state index in [0.717, 1.165) is 23.3 Å². The number of H-pyrrole nitrogens is 1. The molecule has 1 aromatic carbocycles. The summed E-state index contributed by atoms with van der Waals surface area (Å²) in [7, 11) is 0. The molecule has 3 aromatic rings. The van der Waals surface area contributed by atoms with Crippen molar-refractivity contribution in [2.75, 3.05) is 0 Å². The number of benzene rings is 1. The van der Waals surface area contributed by atoms with Crippen LogP contribution in [0.4, 0.5) is 4.39 Å². The molecule has 2 heterocycles. The second-order valence-corrected chi connectivity index (χ2v) is 4.73. The third kappa shape index (κ3) is 2.74. The van der Waals surface area contributed by atoms with Crippen LogP contribution in [0.25, 0.3) is 11.0 Å². The summed E-state index contributed by atoms with van der Waals surface area (Å²) in [6.07, 6.45) is 2.38. The summed E-state index contributed by atoms with van der Waals surface area (Å²) < 4.78 is 13.1. The highest BCUT2D eigenvalue weighted by atomic mass is 19.1. The molecule has 2 aromatic heterocycles. The van der Waals surface area contributed by atoms with Crippen LogP contribution in [0.3, 0.4) is 0 Å². The number of fused-ring (bicyclic) bond motifs is 1. The Morgan fingerprint density at radius 2 is 2.14 bits per heavy atom. The Bertz CT molecular complexity index is 766. The van der Waals surface area contributed by atoms with Gasteiger partial charge in [0.15, 0.2) is 0 Å². The number of carbonyl (C=O) groups is 1. The molecule has 0 aliphatic rings. The van der Waals surface area contributed by atoms with Gasteiger partial charge in [0, 0.05) is 6.20 Å². The lowest BCUT2D eigenvalue weighted by molar-refractivity contribution is 0.0937. The summed E-state index contributed by atoms with van der Waals surface area (Å²) in [5.74, 6) is -0.289. The Balaban J connectivity index is 1.79. The van der Waals surface area contributed by atoms with E-state index in [4.69, 9.17) is 0 Å². The molecule has 3 rings (SSSR count). The van der Waals surface area contributed by atoms with E-state index in [1.807, 2.05) is 31.2 Å². The number of imidazole rings is 1. The van der Waals surface area contributed by atoms with Gasteiger partial charge in [0.05, 0.1) is 28.8 Å². The molecule has 21 heavy (non-hydrogen) atoms. The predicted octanol–water partition coefficient (Wildman–Crippen LogP) is 2.59. The Hall–Kier alpha value is -2.76. The lowest BCUT2D eigenvalue weighted by Gasteiger charge is -2.11. The SMILES string of the molecule is CC(NC(=O)c1cncc(F)c1)c1nc2ccccc2[nH]1. The molecule has 106 valence electrons. The number of amides is 1. The van der Waals surface area contributed by atoms with Crippen molar-refractivity contribution in [2.24, 2.45) is 0 Å². The van der Waals surface area contributed by atoms with Gasteiger partial charge in [-0.3, -0.25) is 9.78 Å². The average molecular weight is 284 g/mol. The van der Waals surface area contributed by atoms with Crippen molar-refractivity contribution in [1.82, 2.24) is 20.3 Å². The Morgan fingerprint density at radius 1 is 1.33 bits per heavy atom. The molecule has 0 bridgehead atoms. The zero-order chi connectivity index (χ0) is 14.8. The van der Waals surface area contributed by atoms with E-state index in [-0.39, 0.29) is 11.6 Å². The van der Waals surface area contributed by atoms with Crippen LogP contribution in [-0.2, 0) is 0 Å². The van der Waals surface area contributed by atoms with Crippen LogP contribution >= 0.6 is 0 Å². The van der Waals surface area contributed by atoms with E-state index in [1.54, 1.807) is 0 Å². The minimum absolute atomic E-state index is 0.179. The molecule has 1 unspecified atom stereocenters. The first kappa shape index (κ1) is 13.2. The molecule has 2 N–H and O–H groups in total. The zero-order valence-electron chi connectivity index (χ0n) is 11.3. The van der Waals surface area contributed by atoms with Gasteiger partial charge in [0.2, 0.25) is 0 Å². The van der Waals surface area contributed by atoms with Crippen LogP contribution in [0.2, 0.25) is 0 Å². The maximum atomic E-state index is 13.1. The second-order valence-electron chi connectivity index (χ2n) is 4.73. The molecule has 0 spiro atoms. The highest BCUT2D eigenvalue weighted by Crippen LogP contribution is 2.16. The van der Waals surface area contributed by atoms with Crippen molar-refractivity contribution in [1.29, 1.82) is 0 Å². The van der Waals surface area contributed by atoms with E-state index in [1.165, 1.54) is 6.20 Å². The minimum Gasteiger partial charge on any atom is -0.342 e. The molecule has 0 radical (unpaired) electrons. The number of hydrogen-bond acceptors (Lipinski definition) is 3. The molecule has 1 atom stereocenters. The molecule has 0 aliphatic heterocycles. The number of nitrogens with zero attached hydrogens (tertiary/aromatic N) is 2. The largest absolute Gasteiger partial charge is 0.342 e. The molecule has 0 saturated heterocycles. The van der Waals surface area contributed by atoms with Crippen molar-refractivity contribution >= 4 is 16.9 Å². The first-order chi connectivity index (χ1) is 10.1. The van der Waals surface area contributed by atoms with Gasteiger partial charge >= 0.3 is 0 Å². The smallest absolute Gasteiger partial charge is 0.253 e. The van der Waals surface area contributed by atoms with Crippen LogP contribution in [0, 0.1) is 5.82 Å². The summed E-state index contributed by atoms with van der Waals surface area (Å²) >= 11 is 0. The highest BCUT2D eigenvalue weighted by molar-refractivity contribution is 5.94. The summed E-state index contributed by atoms with van der Waals surface area (Å²) in [5.41, 5.74) is 1.92. The van der Waals surface area contributed by atoms with Crippen molar-refractivity contribution in [3.05, 3.63) is 59.9 Å². The summed E-state index contributed by atoms with van der Waals surface area (Å²) in [6.45, 7) is 1.81. The molecular weight excluding hydrogens is 271 g/mol. The molecule has 1 amide bonds. The number of aromatic nitrogens is 3. The third-order valence-corrected chi connectivity index (χ3v) is 3.13. The van der Waals surface area contributed by atoms with Crippen LogP contribution in [-0.4, -0.2) is 20.9 Å². The minimum atomic E-state index is -0.543. The van der Waals surface area contributed by atoms with Gasteiger partial charge in [-0.2, -0.15) is 0 Å². The molecule has 6 heteroatoms. The fraction of sp³-hybridized carbons (Fsp3) is 0.133. The van der Waals surface area contributed by atoms with Gasteiger partial charge in [0.1, 0.15) is 11.6 Å². The third-order valence-electron chi connectivity index (χ3n) is 3.13. The van der Waals surface area contributed by atoms with Crippen molar-refractivity contribution in [2.45, 2.75) is 13.0 Å². The van der Waals surface area contributed by atoms with Crippen molar-refractivity contribution in [3.63, 3.8) is 0 Å². The van der Waals surface area contributed by atoms with Crippen LogP contribution in [0.5, 0.6) is 0 Å². The number of aromatic amines is 1. The monoisotopic (exact) mass is 284 g/mol. The Kier molecular flexibility index (Phi) is 3.35. The summed E-state index contributed by atoms with van der Waals surface area (Å²) in [4.78, 5) is 23.3. The standard InChI is InChI=1S/C15H13FN4O/c1-9(14-19-12-4-2-3-5-13(12)20-14)18-15(21)10-6-11(16)8-17-7-10/h2-9H,1H3,(H,18,21)(H,19,20). The lowest BCUT2D eigenvalue weighted by Crippen LogP contribution is -2.27. The van der Waals surface area contributed by atoms with Gasteiger partial charge in [-0.1, -0.05) is 12.1 Å². The Labute approximate surface area is 120 Å². The van der Waals surface area contributed by atoms with Crippen LogP contribution in [0.15, 0.2) is 42.7 Å². The van der Waals surface area contributed by atoms with E-state index >= 15 is 0 Å². The molecule has 0 aliphatic carbocycles. The zero-order valence-corrected chi connectivity index (χ0v) is 11.3. The number of carbonyl (C=O) groups excluding carboxylic acids is 1. The van der Waals surface area contributed by atoms with E-state index in [9.17, 15) is 9.18 Å². The van der Waals surface area contributed by atoms with Gasteiger partial charge < -0.3 is 10.3 Å². The van der Waals surface area contributed by atoms with E-state index in [2.05, 4.69) is 20.3 Å². The van der Waals surface area contributed by atoms with Gasteiger partial charge in [-0.15, -0.1) is 0 Å². The summed E-state index contributed by atoms with van der Waals surface area (Å²) in [6, 6.07) is 8.43. The van der Waals surface area contributed by atoms with Crippen molar-refractivity contribution < 1.29 is 9.18 Å². The number of para-hydroxylation sites is 2. The number of pyridine rings is 1. The molecule has 0 fully saturated rings. The number of nitrogens with one attached hydrogen (secondary N) is 2. The van der Waals surface area contributed by atoms with Crippen LogP contribution < -0.4 is 5.32 Å². The molecular formula is C15H13FN4O. The van der Waals surface area contributed by atoms with Gasteiger partial charge in [-0.05, 0) is 25.1 Å². The van der Waals surface area contributed by atoms with E-state index < -0.39 is 11.7 Å². The normalized spacial score (nSPS) is 12.3. The molecule has 5 nitrogen and oxygen atoms in total. The Morgan fingerprint density at radius 3 is 2.90 bits per heavy atom. The maximum Gasteiger partial charge on any atom is 0.253 e. The van der Waals surface area contributed by atoms with Gasteiger partial charge in [0.25, 0.3) is 5.91 Å². The van der Waals surface area contributed by atoms with Gasteiger partial charge in [-0.25, -0.2) is 9.37 Å². The van der Waals surface area contributed by atoms with E-state index in [0.29, 0.717) is 5.82 Å². The summed E-state index contributed by atoms with van der Waals surface area (Å²) in [5, 5.41) is 2.76.